The van der Waals surface area contributed by atoms with Crippen LogP contribution in [-0.4, -0.2) is 51.6 Å². The minimum absolute atomic E-state index is 0.00881. The van der Waals surface area contributed by atoms with Gasteiger partial charge in [0.2, 0.25) is 11.8 Å². The number of carbonyl (C=O) groups excluding carboxylic acids is 2. The number of aromatic nitrogens is 3. The fraction of sp³-hybridized carbons (Fsp3) is 0.474. The van der Waals surface area contributed by atoms with Crippen LogP contribution < -0.4 is 15.9 Å². The molecule has 2 aromatic rings. The van der Waals surface area contributed by atoms with Gasteiger partial charge in [0.1, 0.15) is 0 Å². The van der Waals surface area contributed by atoms with Gasteiger partial charge in [-0.1, -0.05) is 17.8 Å². The lowest BCUT2D eigenvalue weighted by atomic mass is 10.2. The van der Waals surface area contributed by atoms with Crippen LogP contribution in [0.4, 0.5) is 11.4 Å². The average molecular weight is 417 g/mol. The predicted molar refractivity (Wildman–Crippen MR) is 109 cm³/mol. The van der Waals surface area contributed by atoms with Crippen LogP contribution in [0.15, 0.2) is 34.2 Å². The highest BCUT2D eigenvalue weighted by Crippen LogP contribution is 2.24. The highest BCUT2D eigenvalue weighted by Gasteiger charge is 2.22. The number of nitrogens with one attached hydrogen (secondary N) is 2. The summed E-state index contributed by atoms with van der Waals surface area (Å²) in [5, 5.41) is 9.77. The summed E-state index contributed by atoms with van der Waals surface area (Å²) in [5.41, 5.74) is 1.12. The molecule has 1 aromatic heterocycles. The number of hydrogen-bond donors (Lipinski definition) is 2. The molecule has 0 spiro atoms. The zero-order chi connectivity index (χ0) is 20.2. The quantitative estimate of drug-likeness (QED) is 0.663. The van der Waals surface area contributed by atoms with E-state index in [-0.39, 0.29) is 29.4 Å². The average Bonchev–Trinajstić information content (AvgIpc) is 3.44. The molecule has 1 atom stereocenters. The summed E-state index contributed by atoms with van der Waals surface area (Å²) in [6, 6.07) is 7.26. The third-order valence-electron chi connectivity index (χ3n) is 4.98. The van der Waals surface area contributed by atoms with Crippen molar-refractivity contribution in [3.63, 3.8) is 0 Å². The van der Waals surface area contributed by atoms with Gasteiger partial charge >= 0.3 is 5.69 Å². The molecule has 2 fully saturated rings. The first kappa shape index (κ1) is 19.7. The second-order valence-electron chi connectivity index (χ2n) is 7.09. The third-order valence-corrected chi connectivity index (χ3v) is 5.96. The summed E-state index contributed by atoms with van der Waals surface area (Å²) in [6.07, 6.45) is 3.32. The van der Waals surface area contributed by atoms with E-state index in [9.17, 15) is 14.4 Å². The summed E-state index contributed by atoms with van der Waals surface area (Å²) in [7, 11) is 0. The van der Waals surface area contributed by atoms with Crippen LogP contribution in [0.1, 0.15) is 25.7 Å². The number of anilines is 2. The molecule has 1 unspecified atom stereocenters. The maximum Gasteiger partial charge on any atom is 0.344 e. The van der Waals surface area contributed by atoms with E-state index in [0.717, 1.165) is 24.9 Å². The first-order valence-electron chi connectivity index (χ1n) is 9.70. The van der Waals surface area contributed by atoms with Crippen molar-refractivity contribution in [2.24, 2.45) is 0 Å². The molecule has 0 saturated carbocycles. The smallest absolute Gasteiger partial charge is 0.344 e. The van der Waals surface area contributed by atoms with Crippen LogP contribution in [0.3, 0.4) is 0 Å². The van der Waals surface area contributed by atoms with Crippen LogP contribution in [0.2, 0.25) is 0 Å². The van der Waals surface area contributed by atoms with Gasteiger partial charge in [0, 0.05) is 30.9 Å². The monoisotopic (exact) mass is 417 g/mol. The first-order chi connectivity index (χ1) is 14.1. The largest absolute Gasteiger partial charge is 0.376 e. The van der Waals surface area contributed by atoms with E-state index in [1.54, 1.807) is 17.0 Å². The Hall–Kier alpha value is -2.59. The van der Waals surface area contributed by atoms with Crippen LogP contribution in [0.25, 0.3) is 0 Å². The highest BCUT2D eigenvalue weighted by molar-refractivity contribution is 7.99. The molecule has 29 heavy (non-hydrogen) atoms. The Balaban J connectivity index is 1.35. The molecule has 3 heterocycles. The number of aromatic amines is 1. The molecule has 2 aliphatic heterocycles. The van der Waals surface area contributed by atoms with Crippen molar-refractivity contribution >= 4 is 35.0 Å². The number of thioether (sulfide) groups is 1. The first-order valence-corrected chi connectivity index (χ1v) is 10.7. The minimum Gasteiger partial charge on any atom is -0.376 e. The van der Waals surface area contributed by atoms with E-state index in [1.807, 2.05) is 12.1 Å². The maximum atomic E-state index is 12.4. The van der Waals surface area contributed by atoms with Crippen molar-refractivity contribution in [3.05, 3.63) is 34.7 Å². The van der Waals surface area contributed by atoms with Crippen LogP contribution in [-0.2, 0) is 20.9 Å². The van der Waals surface area contributed by atoms with Crippen molar-refractivity contribution in [1.82, 2.24) is 14.8 Å². The SMILES string of the molecule is O=C(CSc1n[nH]c(=O)n1CC1CCCO1)Nc1cccc(N2CCCC2=O)c1. The number of nitrogens with zero attached hydrogens (tertiary/aromatic N) is 3. The topological polar surface area (TPSA) is 109 Å². The lowest BCUT2D eigenvalue weighted by molar-refractivity contribution is -0.117. The summed E-state index contributed by atoms with van der Waals surface area (Å²) < 4.78 is 7.11. The van der Waals surface area contributed by atoms with E-state index in [1.165, 1.54) is 16.3 Å². The maximum absolute atomic E-state index is 12.4. The van der Waals surface area contributed by atoms with Crippen molar-refractivity contribution in [2.75, 3.05) is 29.1 Å². The van der Waals surface area contributed by atoms with Gasteiger partial charge in [-0.25, -0.2) is 9.89 Å². The Morgan fingerprint density at radius 3 is 3.00 bits per heavy atom. The molecular formula is C19H23N5O4S. The summed E-state index contributed by atoms with van der Waals surface area (Å²) in [6.45, 7) is 1.85. The number of ether oxygens (including phenoxy) is 1. The van der Waals surface area contributed by atoms with Crippen LogP contribution >= 0.6 is 11.8 Å². The minimum atomic E-state index is -0.300. The highest BCUT2D eigenvalue weighted by atomic mass is 32.2. The molecule has 9 nitrogen and oxygen atoms in total. The van der Waals surface area contributed by atoms with Crippen molar-refractivity contribution < 1.29 is 14.3 Å². The number of amides is 2. The fourth-order valence-corrected chi connectivity index (χ4v) is 4.32. The summed E-state index contributed by atoms with van der Waals surface area (Å²) in [4.78, 5) is 38.0. The van der Waals surface area contributed by atoms with Gasteiger partial charge in [0.15, 0.2) is 5.16 Å². The molecule has 2 saturated heterocycles. The van der Waals surface area contributed by atoms with Gasteiger partial charge in [-0.3, -0.25) is 14.2 Å². The third kappa shape index (κ3) is 4.70. The molecule has 0 radical (unpaired) electrons. The van der Waals surface area contributed by atoms with Gasteiger partial charge in [-0.15, -0.1) is 5.10 Å². The van der Waals surface area contributed by atoms with Crippen molar-refractivity contribution in [3.8, 4) is 0 Å². The van der Waals surface area contributed by atoms with E-state index < -0.39 is 0 Å². The van der Waals surface area contributed by atoms with Gasteiger partial charge in [0.05, 0.1) is 18.4 Å². The second kappa shape index (κ2) is 8.83. The molecule has 0 bridgehead atoms. The molecule has 2 N–H and O–H groups in total. The zero-order valence-electron chi connectivity index (χ0n) is 15.9. The van der Waals surface area contributed by atoms with Crippen molar-refractivity contribution in [2.45, 2.75) is 43.5 Å². The van der Waals surface area contributed by atoms with E-state index in [0.29, 0.717) is 37.0 Å². The van der Waals surface area contributed by atoms with Gasteiger partial charge < -0.3 is 15.0 Å². The van der Waals surface area contributed by atoms with Gasteiger partial charge in [-0.05, 0) is 37.5 Å². The molecular weight excluding hydrogens is 394 g/mol. The number of carbonyl (C=O) groups is 2. The summed E-state index contributed by atoms with van der Waals surface area (Å²) >= 11 is 1.20. The van der Waals surface area contributed by atoms with E-state index >= 15 is 0 Å². The molecule has 2 amide bonds. The molecule has 4 rings (SSSR count). The number of hydrogen-bond acceptors (Lipinski definition) is 6. The summed E-state index contributed by atoms with van der Waals surface area (Å²) in [5.74, 6) is 0.00803. The Morgan fingerprint density at radius 1 is 1.34 bits per heavy atom. The Bertz CT molecular complexity index is 950. The number of H-pyrrole nitrogens is 1. The molecule has 154 valence electrons. The van der Waals surface area contributed by atoms with E-state index in [2.05, 4.69) is 15.5 Å². The normalized spacial score (nSPS) is 19.1. The Morgan fingerprint density at radius 2 is 2.24 bits per heavy atom. The number of benzene rings is 1. The standard InChI is InChI=1S/C19H23N5O4S/c25-16(20-13-4-1-5-14(10-13)23-8-2-7-17(23)26)12-29-19-22-21-18(27)24(19)11-15-6-3-9-28-15/h1,4-5,10,15H,2-3,6-9,11-12H2,(H,20,25)(H,21,27). The van der Waals surface area contributed by atoms with Crippen molar-refractivity contribution in [1.29, 1.82) is 0 Å². The fourth-order valence-electron chi connectivity index (χ4n) is 3.57. The molecule has 0 aliphatic carbocycles. The second-order valence-corrected chi connectivity index (χ2v) is 8.04. The number of rotatable bonds is 7. The lowest BCUT2D eigenvalue weighted by Gasteiger charge is -2.16. The van der Waals surface area contributed by atoms with E-state index in [4.69, 9.17) is 4.74 Å². The Kier molecular flexibility index (Phi) is 6.00. The van der Waals surface area contributed by atoms with Gasteiger partial charge in [-0.2, -0.15) is 0 Å². The van der Waals surface area contributed by atoms with Crippen LogP contribution in [0, 0.1) is 0 Å². The van der Waals surface area contributed by atoms with Gasteiger partial charge in [0.25, 0.3) is 0 Å². The molecule has 1 aromatic carbocycles. The predicted octanol–water partition coefficient (Wildman–Crippen LogP) is 1.61. The zero-order valence-corrected chi connectivity index (χ0v) is 16.7. The molecule has 2 aliphatic rings. The lowest BCUT2D eigenvalue weighted by Crippen LogP contribution is -2.25. The molecule has 10 heteroatoms. The van der Waals surface area contributed by atoms with Crippen LogP contribution in [0.5, 0.6) is 0 Å². The Labute approximate surface area is 171 Å².